The SMILES string of the molecule is CN(CCSc1ccc(Cl)cc1)CC(=O)Nc1ccc(N2CCOCC2)cc1. The lowest BCUT2D eigenvalue weighted by molar-refractivity contribution is -0.117. The number of carbonyl (C=O) groups is 1. The van der Waals surface area contributed by atoms with Crippen LogP contribution in [0.1, 0.15) is 0 Å². The van der Waals surface area contributed by atoms with Crippen LogP contribution in [0.4, 0.5) is 11.4 Å². The summed E-state index contributed by atoms with van der Waals surface area (Å²) in [4.78, 5) is 17.8. The number of carbonyl (C=O) groups excluding carboxylic acids is 1. The van der Waals surface area contributed by atoms with Crippen LogP contribution in [-0.2, 0) is 9.53 Å². The first-order valence-electron chi connectivity index (χ1n) is 9.40. The van der Waals surface area contributed by atoms with Gasteiger partial charge in [0.1, 0.15) is 0 Å². The van der Waals surface area contributed by atoms with E-state index in [1.807, 2.05) is 60.5 Å². The summed E-state index contributed by atoms with van der Waals surface area (Å²) >= 11 is 7.66. The third-order valence-corrected chi connectivity index (χ3v) is 5.74. The van der Waals surface area contributed by atoms with E-state index in [1.54, 1.807) is 11.8 Å². The average Bonchev–Trinajstić information content (AvgIpc) is 2.70. The van der Waals surface area contributed by atoms with Gasteiger partial charge in [-0.05, 0) is 55.6 Å². The van der Waals surface area contributed by atoms with Gasteiger partial charge in [0.15, 0.2) is 0 Å². The molecule has 1 fully saturated rings. The molecule has 0 spiro atoms. The van der Waals surface area contributed by atoms with E-state index >= 15 is 0 Å². The predicted molar refractivity (Wildman–Crippen MR) is 118 cm³/mol. The van der Waals surface area contributed by atoms with Crippen molar-refractivity contribution in [2.75, 3.05) is 62.4 Å². The molecule has 5 nitrogen and oxygen atoms in total. The highest BCUT2D eigenvalue weighted by molar-refractivity contribution is 7.99. The first-order valence-corrected chi connectivity index (χ1v) is 10.8. The first-order chi connectivity index (χ1) is 13.6. The second kappa shape index (κ2) is 10.7. The van der Waals surface area contributed by atoms with E-state index in [-0.39, 0.29) is 5.91 Å². The number of nitrogens with one attached hydrogen (secondary N) is 1. The van der Waals surface area contributed by atoms with Crippen molar-refractivity contribution in [2.24, 2.45) is 0 Å². The van der Waals surface area contributed by atoms with Crippen molar-refractivity contribution in [3.63, 3.8) is 0 Å². The van der Waals surface area contributed by atoms with Crippen molar-refractivity contribution in [2.45, 2.75) is 4.90 Å². The lowest BCUT2D eigenvalue weighted by atomic mass is 10.2. The molecule has 0 bridgehead atoms. The maximum absolute atomic E-state index is 12.3. The van der Waals surface area contributed by atoms with Gasteiger partial charge in [0.05, 0.1) is 19.8 Å². The summed E-state index contributed by atoms with van der Waals surface area (Å²) in [6.45, 7) is 4.54. The molecule has 1 aliphatic heterocycles. The monoisotopic (exact) mass is 419 g/mol. The fraction of sp³-hybridized carbons (Fsp3) is 0.381. The lowest BCUT2D eigenvalue weighted by Gasteiger charge is -2.28. The summed E-state index contributed by atoms with van der Waals surface area (Å²) in [7, 11) is 1.96. The molecule has 1 N–H and O–H groups in total. The van der Waals surface area contributed by atoms with E-state index < -0.39 is 0 Å². The van der Waals surface area contributed by atoms with Gasteiger partial charge in [-0.3, -0.25) is 9.69 Å². The van der Waals surface area contributed by atoms with Gasteiger partial charge in [-0.25, -0.2) is 0 Å². The Morgan fingerprint density at radius 1 is 1.14 bits per heavy atom. The third-order valence-electron chi connectivity index (χ3n) is 4.50. The molecule has 0 unspecified atom stereocenters. The Morgan fingerprint density at radius 3 is 2.50 bits per heavy atom. The van der Waals surface area contributed by atoms with Gasteiger partial charge in [-0.1, -0.05) is 11.6 Å². The average molecular weight is 420 g/mol. The Bertz CT molecular complexity index is 749. The summed E-state index contributed by atoms with van der Waals surface area (Å²) < 4.78 is 5.38. The summed E-state index contributed by atoms with van der Waals surface area (Å²) in [5.41, 5.74) is 1.99. The van der Waals surface area contributed by atoms with Crippen molar-refractivity contribution >= 4 is 40.6 Å². The quantitative estimate of drug-likeness (QED) is 0.658. The van der Waals surface area contributed by atoms with Crippen LogP contribution in [0.25, 0.3) is 0 Å². The molecule has 2 aromatic rings. The van der Waals surface area contributed by atoms with Crippen molar-refractivity contribution in [1.29, 1.82) is 0 Å². The largest absolute Gasteiger partial charge is 0.378 e. The molecule has 2 aromatic carbocycles. The molecular weight excluding hydrogens is 394 g/mol. The van der Waals surface area contributed by atoms with Gasteiger partial charge >= 0.3 is 0 Å². The van der Waals surface area contributed by atoms with Crippen LogP contribution < -0.4 is 10.2 Å². The standard InChI is InChI=1S/C21H26ClN3O2S/c1-24(12-15-28-20-8-2-17(22)3-9-20)16-21(26)23-18-4-6-19(7-5-18)25-10-13-27-14-11-25/h2-9H,10-16H2,1H3,(H,23,26). The van der Waals surface area contributed by atoms with Crippen molar-refractivity contribution in [1.82, 2.24) is 4.90 Å². The van der Waals surface area contributed by atoms with Crippen LogP contribution in [-0.4, -0.2) is 63.0 Å². The van der Waals surface area contributed by atoms with Crippen molar-refractivity contribution in [3.8, 4) is 0 Å². The number of thioether (sulfide) groups is 1. The number of hydrogen-bond donors (Lipinski definition) is 1. The molecule has 1 aliphatic rings. The summed E-state index contributed by atoms with van der Waals surface area (Å²) in [6.07, 6.45) is 0. The molecule has 0 aromatic heterocycles. The third kappa shape index (κ3) is 6.71. The van der Waals surface area contributed by atoms with Crippen LogP contribution in [0.2, 0.25) is 5.02 Å². The predicted octanol–water partition coefficient (Wildman–Crippen LogP) is 3.84. The van der Waals surface area contributed by atoms with Gasteiger partial charge < -0.3 is 15.0 Å². The number of ether oxygens (including phenoxy) is 1. The lowest BCUT2D eigenvalue weighted by Crippen LogP contribution is -2.36. The minimum Gasteiger partial charge on any atom is -0.378 e. The maximum atomic E-state index is 12.3. The number of morpholine rings is 1. The molecule has 150 valence electrons. The summed E-state index contributed by atoms with van der Waals surface area (Å²) in [6, 6.07) is 15.8. The highest BCUT2D eigenvalue weighted by Crippen LogP contribution is 2.21. The number of likely N-dealkylation sites (N-methyl/N-ethyl adjacent to an activating group) is 1. The molecule has 28 heavy (non-hydrogen) atoms. The van der Waals surface area contributed by atoms with Gasteiger partial charge in [0.25, 0.3) is 0 Å². The molecule has 7 heteroatoms. The molecule has 3 rings (SSSR count). The van der Waals surface area contributed by atoms with E-state index in [1.165, 1.54) is 4.90 Å². The Kier molecular flexibility index (Phi) is 8.03. The smallest absolute Gasteiger partial charge is 0.238 e. The molecule has 1 amide bonds. The van der Waals surface area contributed by atoms with E-state index in [2.05, 4.69) is 10.2 Å². The van der Waals surface area contributed by atoms with Crippen LogP contribution >= 0.6 is 23.4 Å². The van der Waals surface area contributed by atoms with Crippen molar-refractivity contribution in [3.05, 3.63) is 53.6 Å². The molecule has 0 radical (unpaired) electrons. The zero-order valence-electron chi connectivity index (χ0n) is 16.1. The number of benzene rings is 2. The van der Waals surface area contributed by atoms with E-state index in [9.17, 15) is 4.79 Å². The van der Waals surface area contributed by atoms with Gasteiger partial charge in [-0.2, -0.15) is 0 Å². The Morgan fingerprint density at radius 2 is 1.82 bits per heavy atom. The Balaban J connectivity index is 1.38. The molecule has 0 saturated carbocycles. The Hall–Kier alpha value is -1.73. The van der Waals surface area contributed by atoms with Crippen LogP contribution in [0.3, 0.4) is 0 Å². The number of amides is 1. The number of anilines is 2. The highest BCUT2D eigenvalue weighted by atomic mass is 35.5. The molecule has 1 heterocycles. The topological polar surface area (TPSA) is 44.8 Å². The maximum Gasteiger partial charge on any atom is 0.238 e. The van der Waals surface area contributed by atoms with Gasteiger partial charge in [0, 0.05) is 46.7 Å². The first kappa shape index (κ1) is 21.0. The minimum atomic E-state index is -0.00174. The Labute approximate surface area is 176 Å². The van der Waals surface area contributed by atoms with E-state index in [0.717, 1.165) is 55.0 Å². The van der Waals surface area contributed by atoms with Crippen LogP contribution in [0.15, 0.2) is 53.4 Å². The minimum absolute atomic E-state index is 0.00174. The van der Waals surface area contributed by atoms with Crippen molar-refractivity contribution < 1.29 is 9.53 Å². The normalized spacial score (nSPS) is 14.3. The molecule has 0 atom stereocenters. The van der Waals surface area contributed by atoms with Gasteiger partial charge in [0.2, 0.25) is 5.91 Å². The molecule has 0 aliphatic carbocycles. The zero-order chi connectivity index (χ0) is 19.8. The van der Waals surface area contributed by atoms with E-state index in [0.29, 0.717) is 6.54 Å². The van der Waals surface area contributed by atoms with Crippen LogP contribution in [0.5, 0.6) is 0 Å². The number of nitrogens with zero attached hydrogens (tertiary/aromatic N) is 2. The molecular formula is C21H26ClN3O2S. The summed E-state index contributed by atoms with van der Waals surface area (Å²) in [5.74, 6) is 0.915. The number of hydrogen-bond acceptors (Lipinski definition) is 5. The zero-order valence-corrected chi connectivity index (χ0v) is 17.6. The highest BCUT2D eigenvalue weighted by Gasteiger charge is 2.11. The molecule has 1 saturated heterocycles. The summed E-state index contributed by atoms with van der Waals surface area (Å²) in [5, 5.41) is 3.72. The van der Waals surface area contributed by atoms with E-state index in [4.69, 9.17) is 16.3 Å². The second-order valence-electron chi connectivity index (χ2n) is 6.73. The number of halogens is 1. The second-order valence-corrected chi connectivity index (χ2v) is 8.34. The van der Waals surface area contributed by atoms with Crippen LogP contribution in [0, 0.1) is 0 Å². The number of rotatable bonds is 8. The van der Waals surface area contributed by atoms with Gasteiger partial charge in [-0.15, -0.1) is 11.8 Å². The fourth-order valence-electron chi connectivity index (χ4n) is 2.95. The fourth-order valence-corrected chi connectivity index (χ4v) is 4.05.